The Kier molecular flexibility index (Phi) is 4.26. The quantitative estimate of drug-likeness (QED) is 0.494. The minimum atomic E-state index is -4.46. The van der Waals surface area contributed by atoms with E-state index in [-0.39, 0.29) is 0 Å². The minimum absolute atomic E-state index is 0.547. The van der Waals surface area contributed by atoms with Crippen molar-refractivity contribution in [3.63, 3.8) is 0 Å². The van der Waals surface area contributed by atoms with Crippen LogP contribution in [0, 0.1) is 0 Å². The molecule has 0 spiro atoms. The normalized spacial score (nSPS) is 15.6. The van der Waals surface area contributed by atoms with E-state index in [9.17, 15) is 16.8 Å². The lowest BCUT2D eigenvalue weighted by Crippen LogP contribution is -2.27. The zero-order chi connectivity index (χ0) is 10.7. The highest BCUT2D eigenvalue weighted by Crippen LogP contribution is 2.04. The van der Waals surface area contributed by atoms with E-state index in [2.05, 4.69) is 0 Å². The van der Waals surface area contributed by atoms with Gasteiger partial charge in [-0.05, 0) is 6.42 Å². The molecule has 0 aliphatic carbocycles. The van der Waals surface area contributed by atoms with Crippen molar-refractivity contribution in [3.8, 4) is 0 Å². The molecule has 0 aromatic rings. The third-order valence-electron chi connectivity index (χ3n) is 1.32. The Hall–Kier alpha value is -0.220. The number of hydrogen-bond acceptors (Lipinski definition) is 5. The summed E-state index contributed by atoms with van der Waals surface area (Å²) >= 11 is 0. The van der Waals surface area contributed by atoms with Gasteiger partial charge < -0.3 is 5.11 Å². The predicted octanol–water partition coefficient (Wildman–Crippen LogP) is -1.49. The molecular formula is C4H10O7S2. The van der Waals surface area contributed by atoms with Crippen LogP contribution in [0.2, 0.25) is 0 Å². The molecular weight excluding hydrogens is 224 g/mol. The fourth-order valence-corrected chi connectivity index (χ4v) is 1.95. The van der Waals surface area contributed by atoms with Crippen molar-refractivity contribution in [2.24, 2.45) is 0 Å². The van der Waals surface area contributed by atoms with E-state index in [1.165, 1.54) is 0 Å². The van der Waals surface area contributed by atoms with E-state index in [1.54, 1.807) is 0 Å². The van der Waals surface area contributed by atoms with E-state index >= 15 is 0 Å². The van der Waals surface area contributed by atoms with E-state index in [0.29, 0.717) is 0 Å². The lowest BCUT2D eigenvalue weighted by Gasteiger charge is -2.08. The molecule has 0 rings (SSSR count). The highest BCUT2D eigenvalue weighted by molar-refractivity contribution is 7.87. The molecule has 0 amide bonds. The van der Waals surface area contributed by atoms with Gasteiger partial charge in [-0.15, -0.1) is 0 Å². The van der Waals surface area contributed by atoms with Gasteiger partial charge in [0.05, 0.1) is 12.4 Å². The molecule has 0 aromatic heterocycles. The molecule has 1 unspecified atom stereocenters. The maximum atomic E-state index is 10.4. The second-order valence-corrected chi connectivity index (χ2v) is 5.66. The van der Waals surface area contributed by atoms with Crippen LogP contribution in [0.3, 0.4) is 0 Å². The van der Waals surface area contributed by atoms with Crippen molar-refractivity contribution >= 4 is 20.2 Å². The first-order chi connectivity index (χ1) is 5.67. The van der Waals surface area contributed by atoms with Gasteiger partial charge in [0.25, 0.3) is 20.2 Å². The van der Waals surface area contributed by atoms with Crippen LogP contribution in [-0.2, 0) is 20.2 Å². The van der Waals surface area contributed by atoms with E-state index in [1.807, 2.05) is 0 Å². The summed E-state index contributed by atoms with van der Waals surface area (Å²) in [6, 6.07) is 0. The SMILES string of the molecule is O=S(=O)(O)CCC(CO)S(=O)(=O)O. The lowest BCUT2D eigenvalue weighted by atomic mass is 10.3. The standard InChI is InChI=1S/C4H10O7S2/c5-3-4(13(9,10)11)1-2-12(6,7)8/h4-5H,1-3H2,(H,6,7,8)(H,9,10,11). The molecule has 0 saturated heterocycles. The number of rotatable bonds is 5. The summed E-state index contributed by atoms with van der Waals surface area (Å²) in [6.45, 7) is -0.894. The second-order valence-electron chi connectivity index (χ2n) is 2.39. The van der Waals surface area contributed by atoms with Gasteiger partial charge in [0.2, 0.25) is 0 Å². The molecule has 0 fully saturated rings. The largest absolute Gasteiger partial charge is 0.395 e. The molecule has 80 valence electrons. The number of aliphatic hydroxyl groups is 1. The minimum Gasteiger partial charge on any atom is -0.395 e. The van der Waals surface area contributed by atoms with Gasteiger partial charge in [0.15, 0.2) is 0 Å². The summed E-state index contributed by atoms with van der Waals surface area (Å²) < 4.78 is 57.8. The molecule has 0 aliphatic heterocycles. The van der Waals surface area contributed by atoms with Gasteiger partial charge in [-0.1, -0.05) is 0 Å². The highest BCUT2D eigenvalue weighted by Gasteiger charge is 2.23. The Bertz CT molecular complexity index is 339. The zero-order valence-electron chi connectivity index (χ0n) is 6.49. The van der Waals surface area contributed by atoms with Crippen molar-refractivity contribution in [1.29, 1.82) is 0 Å². The highest BCUT2D eigenvalue weighted by atomic mass is 32.2. The Labute approximate surface area is 75.9 Å². The Balaban J connectivity index is 4.35. The fraction of sp³-hybridized carbons (Fsp3) is 1.00. The number of hydrogen-bond donors (Lipinski definition) is 3. The zero-order valence-corrected chi connectivity index (χ0v) is 8.12. The average molecular weight is 234 g/mol. The molecule has 0 saturated carbocycles. The first-order valence-corrected chi connectivity index (χ1v) is 6.30. The Morgan fingerprint density at radius 3 is 1.77 bits per heavy atom. The van der Waals surface area contributed by atoms with Crippen LogP contribution in [0.1, 0.15) is 6.42 Å². The third-order valence-corrected chi connectivity index (χ3v) is 3.30. The summed E-state index contributed by atoms with van der Waals surface area (Å²) in [7, 11) is -8.74. The van der Waals surface area contributed by atoms with E-state index < -0.39 is 44.3 Å². The van der Waals surface area contributed by atoms with Gasteiger partial charge >= 0.3 is 0 Å². The van der Waals surface area contributed by atoms with E-state index in [0.717, 1.165) is 0 Å². The first-order valence-electron chi connectivity index (χ1n) is 3.19. The first kappa shape index (κ1) is 12.8. The maximum Gasteiger partial charge on any atom is 0.270 e. The molecule has 9 heteroatoms. The molecule has 0 bridgehead atoms. The fourth-order valence-electron chi connectivity index (χ4n) is 0.615. The van der Waals surface area contributed by atoms with Gasteiger partial charge in [-0.25, -0.2) is 0 Å². The number of aliphatic hydroxyl groups excluding tert-OH is 1. The molecule has 0 radical (unpaired) electrons. The Morgan fingerprint density at radius 1 is 1.08 bits per heavy atom. The van der Waals surface area contributed by atoms with Crippen LogP contribution in [0.25, 0.3) is 0 Å². The molecule has 0 aromatic carbocycles. The van der Waals surface area contributed by atoms with Gasteiger partial charge in [-0.3, -0.25) is 9.11 Å². The second kappa shape index (κ2) is 4.33. The molecule has 0 aliphatic rings. The van der Waals surface area contributed by atoms with Gasteiger partial charge in [0, 0.05) is 0 Å². The van der Waals surface area contributed by atoms with Crippen molar-refractivity contribution in [2.75, 3.05) is 12.4 Å². The summed E-state index contributed by atoms with van der Waals surface area (Å²) in [6.07, 6.45) is -0.547. The topological polar surface area (TPSA) is 129 Å². The van der Waals surface area contributed by atoms with Crippen LogP contribution in [0.4, 0.5) is 0 Å². The molecule has 3 N–H and O–H groups in total. The summed E-state index contributed by atoms with van der Waals surface area (Å²) in [5, 5.41) is 6.87. The van der Waals surface area contributed by atoms with Crippen LogP contribution in [0.5, 0.6) is 0 Å². The third kappa shape index (κ3) is 5.93. The van der Waals surface area contributed by atoms with Crippen molar-refractivity contribution in [2.45, 2.75) is 11.7 Å². The smallest absolute Gasteiger partial charge is 0.270 e. The van der Waals surface area contributed by atoms with Crippen LogP contribution >= 0.6 is 0 Å². The van der Waals surface area contributed by atoms with Crippen molar-refractivity contribution < 1.29 is 31.0 Å². The Morgan fingerprint density at radius 2 is 1.54 bits per heavy atom. The monoisotopic (exact) mass is 234 g/mol. The van der Waals surface area contributed by atoms with E-state index in [4.69, 9.17) is 14.2 Å². The molecule has 7 nitrogen and oxygen atoms in total. The molecule has 1 atom stereocenters. The summed E-state index contributed by atoms with van der Waals surface area (Å²) in [5.74, 6) is -0.821. The molecule has 13 heavy (non-hydrogen) atoms. The van der Waals surface area contributed by atoms with Crippen LogP contribution in [0.15, 0.2) is 0 Å². The summed E-state index contributed by atoms with van der Waals surface area (Å²) in [4.78, 5) is 0. The van der Waals surface area contributed by atoms with Crippen LogP contribution in [-0.4, -0.2) is 48.7 Å². The van der Waals surface area contributed by atoms with Gasteiger partial charge in [0.1, 0.15) is 5.25 Å². The lowest BCUT2D eigenvalue weighted by molar-refractivity contribution is 0.281. The van der Waals surface area contributed by atoms with Crippen molar-refractivity contribution in [3.05, 3.63) is 0 Å². The van der Waals surface area contributed by atoms with Crippen molar-refractivity contribution in [1.82, 2.24) is 0 Å². The molecule has 0 heterocycles. The predicted molar refractivity (Wildman–Crippen MR) is 43.5 cm³/mol. The van der Waals surface area contributed by atoms with Gasteiger partial charge in [-0.2, -0.15) is 16.8 Å². The average Bonchev–Trinajstić information content (AvgIpc) is 1.82. The maximum absolute atomic E-state index is 10.4. The van der Waals surface area contributed by atoms with Crippen LogP contribution < -0.4 is 0 Å². The summed E-state index contributed by atoms with van der Waals surface area (Å²) in [5.41, 5.74) is 0.